The fourth-order valence-electron chi connectivity index (χ4n) is 6.72. The summed E-state index contributed by atoms with van der Waals surface area (Å²) in [6.07, 6.45) is 3.14. The first-order valence-corrected chi connectivity index (χ1v) is 14.1. The molecule has 6 atom stereocenters. The first-order valence-electron chi connectivity index (χ1n) is 12.8. The average molecular weight is 555 g/mol. The van der Waals surface area contributed by atoms with Gasteiger partial charge in [0.2, 0.25) is 5.91 Å². The molecule has 2 unspecified atom stereocenters. The molecule has 0 radical (unpaired) electrons. The van der Waals surface area contributed by atoms with Crippen LogP contribution in [0.3, 0.4) is 0 Å². The van der Waals surface area contributed by atoms with Crippen molar-refractivity contribution in [3.05, 3.63) is 77.3 Å². The second-order valence-corrected chi connectivity index (χ2v) is 12.3. The zero-order valence-electron chi connectivity index (χ0n) is 21.1. The molecular formula is C29H31ClN2O5S. The number of hydrogen-bond donors (Lipinski definition) is 2. The van der Waals surface area contributed by atoms with Gasteiger partial charge in [-0.2, -0.15) is 0 Å². The highest BCUT2D eigenvalue weighted by atomic mass is 35.5. The summed E-state index contributed by atoms with van der Waals surface area (Å²) in [6, 6.07) is 13.2. The maximum absolute atomic E-state index is 14.7. The number of para-hydroxylation sites is 1. The summed E-state index contributed by atoms with van der Waals surface area (Å²) >= 11 is 8.07. The summed E-state index contributed by atoms with van der Waals surface area (Å²) in [5, 5.41) is 20.8. The largest absolute Gasteiger partial charge is 0.481 e. The van der Waals surface area contributed by atoms with Gasteiger partial charge in [0, 0.05) is 11.8 Å². The Balaban J connectivity index is 1.64. The summed E-state index contributed by atoms with van der Waals surface area (Å²) in [5.74, 6) is -3.41. The number of nitrogens with zero attached hydrogens (tertiary/aromatic N) is 2. The van der Waals surface area contributed by atoms with Gasteiger partial charge >= 0.3 is 5.97 Å². The minimum absolute atomic E-state index is 0.168. The lowest BCUT2D eigenvalue weighted by Crippen LogP contribution is -2.58. The van der Waals surface area contributed by atoms with Crippen LogP contribution in [0.1, 0.15) is 24.0 Å². The Kier molecular flexibility index (Phi) is 7.33. The zero-order chi connectivity index (χ0) is 27.2. The predicted octanol–water partition coefficient (Wildman–Crippen LogP) is 3.95. The van der Waals surface area contributed by atoms with Crippen LogP contribution in [-0.4, -0.2) is 68.1 Å². The molecule has 7 nitrogen and oxygen atoms in total. The molecule has 3 aliphatic heterocycles. The lowest BCUT2D eigenvalue weighted by Gasteiger charge is -2.40. The number of aliphatic hydroxyl groups is 1. The van der Waals surface area contributed by atoms with Crippen LogP contribution in [0.15, 0.2) is 61.2 Å². The van der Waals surface area contributed by atoms with E-state index in [9.17, 15) is 24.6 Å². The normalized spacial score (nSPS) is 28.3. The second kappa shape index (κ2) is 10.4. The van der Waals surface area contributed by atoms with Crippen molar-refractivity contribution in [2.45, 2.75) is 48.3 Å². The lowest BCUT2D eigenvalue weighted by molar-refractivity contribution is -0.149. The van der Waals surface area contributed by atoms with E-state index in [2.05, 4.69) is 6.58 Å². The molecule has 3 aliphatic rings. The third-order valence-corrected chi connectivity index (χ3v) is 10.5. The molecule has 5 rings (SSSR count). The van der Waals surface area contributed by atoms with Crippen LogP contribution in [0, 0.1) is 18.8 Å². The van der Waals surface area contributed by atoms with E-state index in [-0.39, 0.29) is 30.2 Å². The van der Waals surface area contributed by atoms with Crippen LogP contribution in [0.4, 0.5) is 5.69 Å². The number of carbonyl (C=O) groups is 3. The third kappa shape index (κ3) is 4.14. The van der Waals surface area contributed by atoms with Gasteiger partial charge in [-0.3, -0.25) is 14.4 Å². The first-order chi connectivity index (χ1) is 18.2. The van der Waals surface area contributed by atoms with Crippen molar-refractivity contribution in [3.8, 4) is 0 Å². The van der Waals surface area contributed by atoms with Crippen molar-refractivity contribution in [3.63, 3.8) is 0 Å². The van der Waals surface area contributed by atoms with Crippen molar-refractivity contribution < 1.29 is 24.6 Å². The molecule has 2 amide bonds. The number of carboxylic acid groups (broad SMARTS) is 1. The Morgan fingerprint density at radius 1 is 1.26 bits per heavy atom. The van der Waals surface area contributed by atoms with Crippen LogP contribution in [0.5, 0.6) is 0 Å². The number of amides is 2. The molecule has 38 heavy (non-hydrogen) atoms. The highest BCUT2D eigenvalue weighted by Crippen LogP contribution is 2.66. The number of aliphatic hydroxyl groups excluding tert-OH is 1. The van der Waals surface area contributed by atoms with Gasteiger partial charge in [0.25, 0.3) is 5.91 Å². The van der Waals surface area contributed by atoms with Crippen molar-refractivity contribution in [1.82, 2.24) is 4.90 Å². The summed E-state index contributed by atoms with van der Waals surface area (Å²) < 4.78 is -0.888. The number of carboxylic acids is 1. The topological polar surface area (TPSA) is 98.2 Å². The smallest absolute Gasteiger partial charge is 0.308 e. The highest BCUT2D eigenvalue weighted by molar-refractivity contribution is 8.02. The number of carbonyl (C=O) groups excluding carboxylic acids is 2. The Morgan fingerprint density at radius 3 is 2.63 bits per heavy atom. The SMILES string of the molecule is C=CCN(C(=O)C1N([C@@H](CO)Cc2ccccc2)C(=O)[C@@H]2[C@H](C(=O)O)[C@@H]3CCC12S3)c1c(C)cccc1Cl. The number of fused-ring (bicyclic) bond motifs is 1. The molecule has 3 fully saturated rings. The molecule has 2 aromatic carbocycles. The van der Waals surface area contributed by atoms with E-state index < -0.39 is 34.6 Å². The number of aryl methyl sites for hydroxylation is 1. The number of rotatable bonds is 9. The molecular weight excluding hydrogens is 524 g/mol. The molecule has 2 N–H and O–H groups in total. The molecule has 9 heteroatoms. The molecule has 2 bridgehead atoms. The van der Waals surface area contributed by atoms with E-state index in [1.54, 1.807) is 17.0 Å². The van der Waals surface area contributed by atoms with E-state index in [0.717, 1.165) is 11.1 Å². The van der Waals surface area contributed by atoms with Crippen LogP contribution < -0.4 is 4.90 Å². The maximum Gasteiger partial charge on any atom is 0.308 e. The molecule has 200 valence electrons. The van der Waals surface area contributed by atoms with E-state index >= 15 is 0 Å². The second-order valence-electron chi connectivity index (χ2n) is 10.3. The van der Waals surface area contributed by atoms with Gasteiger partial charge in [0.1, 0.15) is 6.04 Å². The average Bonchev–Trinajstić information content (AvgIpc) is 3.54. The summed E-state index contributed by atoms with van der Waals surface area (Å²) in [7, 11) is 0. The van der Waals surface area contributed by atoms with Gasteiger partial charge in [-0.25, -0.2) is 0 Å². The van der Waals surface area contributed by atoms with Crippen molar-refractivity contribution in [1.29, 1.82) is 0 Å². The maximum atomic E-state index is 14.7. The fraction of sp³-hybridized carbons (Fsp3) is 0.414. The molecule has 0 aromatic heterocycles. The van der Waals surface area contributed by atoms with E-state index in [4.69, 9.17) is 11.6 Å². The molecule has 0 aliphatic carbocycles. The Bertz CT molecular complexity index is 1250. The van der Waals surface area contributed by atoms with Gasteiger partial charge in [0.05, 0.1) is 39.9 Å². The van der Waals surface area contributed by atoms with Gasteiger partial charge in [-0.1, -0.05) is 60.1 Å². The predicted molar refractivity (Wildman–Crippen MR) is 148 cm³/mol. The quantitative estimate of drug-likeness (QED) is 0.456. The summed E-state index contributed by atoms with van der Waals surface area (Å²) in [4.78, 5) is 44.3. The van der Waals surface area contributed by atoms with Gasteiger partial charge in [-0.15, -0.1) is 18.3 Å². The van der Waals surface area contributed by atoms with Crippen molar-refractivity contribution >= 4 is 46.8 Å². The van der Waals surface area contributed by atoms with Crippen LogP contribution in [0.25, 0.3) is 0 Å². The number of benzene rings is 2. The van der Waals surface area contributed by atoms with E-state index in [1.165, 1.54) is 16.7 Å². The monoisotopic (exact) mass is 554 g/mol. The molecule has 1 spiro atoms. The minimum Gasteiger partial charge on any atom is -0.481 e. The minimum atomic E-state index is -1.01. The third-order valence-electron chi connectivity index (χ3n) is 8.21. The molecule has 3 heterocycles. The fourth-order valence-corrected chi connectivity index (χ4v) is 9.23. The standard InChI is InChI=1S/C29H31ClN2O5S/c1-3-14-31(24-17(2)8-7-11-20(24)30)27(35)25-29-13-12-21(38-29)22(28(36)37)23(29)26(34)32(25)19(16-33)15-18-9-5-4-6-10-18/h3-11,19,21-23,25,33H,1,12-16H2,2H3,(H,36,37)/t19-,21+,22-,23+,25?,29?/m1/s1. The number of halogens is 1. The number of thioether (sulfide) groups is 1. The summed E-state index contributed by atoms with van der Waals surface area (Å²) in [5.41, 5.74) is 2.26. The van der Waals surface area contributed by atoms with Crippen LogP contribution >= 0.6 is 23.4 Å². The van der Waals surface area contributed by atoms with Crippen LogP contribution in [0.2, 0.25) is 5.02 Å². The Morgan fingerprint density at radius 2 is 2.00 bits per heavy atom. The first kappa shape index (κ1) is 26.8. The van der Waals surface area contributed by atoms with E-state index in [1.807, 2.05) is 49.4 Å². The Labute approximate surface area is 231 Å². The van der Waals surface area contributed by atoms with Gasteiger partial charge in [-0.05, 0) is 43.4 Å². The van der Waals surface area contributed by atoms with Crippen LogP contribution in [-0.2, 0) is 20.8 Å². The molecule has 0 saturated carbocycles. The number of hydrogen-bond acceptors (Lipinski definition) is 5. The molecule has 3 saturated heterocycles. The number of anilines is 1. The summed E-state index contributed by atoms with van der Waals surface area (Å²) in [6.45, 7) is 5.52. The van der Waals surface area contributed by atoms with Crippen molar-refractivity contribution in [2.24, 2.45) is 11.8 Å². The molecule has 2 aromatic rings. The van der Waals surface area contributed by atoms with Gasteiger partial charge in [0.15, 0.2) is 0 Å². The lowest BCUT2D eigenvalue weighted by atomic mass is 9.71. The highest BCUT2D eigenvalue weighted by Gasteiger charge is 2.74. The zero-order valence-corrected chi connectivity index (χ0v) is 22.7. The number of aliphatic carboxylic acids is 1. The van der Waals surface area contributed by atoms with Crippen molar-refractivity contribution in [2.75, 3.05) is 18.1 Å². The van der Waals surface area contributed by atoms with Gasteiger partial charge < -0.3 is 20.0 Å². The Hall–Kier alpha value is -2.81. The number of likely N-dealkylation sites (tertiary alicyclic amines) is 1. The van der Waals surface area contributed by atoms with E-state index in [0.29, 0.717) is 30.0 Å².